The van der Waals surface area contributed by atoms with Crippen LogP contribution in [0.4, 0.5) is 0 Å². The van der Waals surface area contributed by atoms with Crippen LogP contribution in [0.2, 0.25) is 0 Å². The Morgan fingerprint density at radius 3 is 1.05 bits per heavy atom. The molecule has 0 atom stereocenters. The lowest BCUT2D eigenvalue weighted by molar-refractivity contribution is 0.633. The van der Waals surface area contributed by atoms with Crippen LogP contribution >= 0.6 is 0 Å². The first kappa shape index (κ1) is 24.7. The van der Waals surface area contributed by atoms with Crippen molar-refractivity contribution < 1.29 is 8.83 Å². The molecule has 7 aromatic carbocycles. The summed E-state index contributed by atoms with van der Waals surface area (Å²) in [6.07, 6.45) is 0. The SMILES string of the molecule is c1ccc(-c2cc(-c3ccccc3)cc(-c3ccc4oc5c(ccc6c7cc(-c8ccccc8)ccc7oc65)c4c3)c2)cc1. The van der Waals surface area contributed by atoms with Crippen molar-refractivity contribution in [3.05, 3.63) is 158 Å². The van der Waals surface area contributed by atoms with E-state index in [2.05, 4.69) is 152 Å². The molecule has 0 saturated carbocycles. The molecule has 0 radical (unpaired) electrons. The number of hydrogen-bond acceptors (Lipinski definition) is 2. The summed E-state index contributed by atoms with van der Waals surface area (Å²) < 4.78 is 12.9. The molecule has 0 amide bonds. The highest BCUT2D eigenvalue weighted by Crippen LogP contribution is 2.41. The largest absolute Gasteiger partial charge is 0.452 e. The second-order valence-electron chi connectivity index (χ2n) is 11.3. The van der Waals surface area contributed by atoms with E-state index in [1.54, 1.807) is 0 Å². The Balaban J connectivity index is 1.21. The van der Waals surface area contributed by atoms with Gasteiger partial charge in [0, 0.05) is 21.5 Å². The first-order chi connectivity index (χ1) is 21.8. The summed E-state index contributed by atoms with van der Waals surface area (Å²) in [5.74, 6) is 0. The monoisotopic (exact) mass is 562 g/mol. The van der Waals surface area contributed by atoms with Crippen LogP contribution in [0.1, 0.15) is 0 Å². The molecule has 0 N–H and O–H groups in total. The van der Waals surface area contributed by atoms with E-state index >= 15 is 0 Å². The maximum absolute atomic E-state index is 6.49. The molecule has 2 heterocycles. The number of fused-ring (bicyclic) bond motifs is 7. The average Bonchev–Trinajstić information content (AvgIpc) is 3.67. The van der Waals surface area contributed by atoms with E-state index in [9.17, 15) is 0 Å². The van der Waals surface area contributed by atoms with E-state index in [1.807, 2.05) is 6.07 Å². The molecule has 2 heteroatoms. The van der Waals surface area contributed by atoms with Gasteiger partial charge < -0.3 is 8.83 Å². The first-order valence-electron chi connectivity index (χ1n) is 14.9. The Morgan fingerprint density at radius 1 is 0.250 bits per heavy atom. The Bertz CT molecular complexity index is 2410. The summed E-state index contributed by atoms with van der Waals surface area (Å²) in [6, 6.07) is 55.7. The molecule has 9 aromatic rings. The molecule has 206 valence electrons. The molecule has 2 nitrogen and oxygen atoms in total. The van der Waals surface area contributed by atoms with Crippen molar-refractivity contribution in [2.75, 3.05) is 0 Å². The quantitative estimate of drug-likeness (QED) is 0.213. The molecule has 0 aliphatic carbocycles. The van der Waals surface area contributed by atoms with Gasteiger partial charge in [0.15, 0.2) is 11.2 Å². The molecular weight excluding hydrogens is 536 g/mol. The molecule has 0 saturated heterocycles. The summed E-state index contributed by atoms with van der Waals surface area (Å²) in [6.45, 7) is 0. The summed E-state index contributed by atoms with van der Waals surface area (Å²) in [5.41, 5.74) is 12.7. The van der Waals surface area contributed by atoms with Crippen molar-refractivity contribution in [2.24, 2.45) is 0 Å². The molecule has 0 spiro atoms. The fourth-order valence-corrected chi connectivity index (χ4v) is 6.45. The fraction of sp³-hybridized carbons (Fsp3) is 0. The fourth-order valence-electron chi connectivity index (χ4n) is 6.45. The van der Waals surface area contributed by atoms with Crippen LogP contribution in [0.3, 0.4) is 0 Å². The lowest BCUT2D eigenvalue weighted by atomic mass is 9.93. The zero-order valence-corrected chi connectivity index (χ0v) is 23.8. The third kappa shape index (κ3) is 4.04. The molecule has 0 unspecified atom stereocenters. The standard InChI is InChI=1S/C42H26O2/c1-4-10-27(11-5-1)30-16-20-39-37(25-30)35-18-19-36-38-26-31(17-21-40(38)44-42(36)41(35)43-39)34-23-32(28-12-6-2-7-13-28)22-33(24-34)29-14-8-3-9-15-29/h1-26H. The second kappa shape index (κ2) is 9.86. The van der Waals surface area contributed by atoms with Gasteiger partial charge in [-0.2, -0.15) is 0 Å². The normalized spacial score (nSPS) is 11.6. The highest BCUT2D eigenvalue weighted by molar-refractivity contribution is 6.19. The van der Waals surface area contributed by atoms with Crippen molar-refractivity contribution in [3.8, 4) is 44.5 Å². The minimum absolute atomic E-state index is 0.787. The van der Waals surface area contributed by atoms with E-state index in [0.29, 0.717) is 0 Å². The van der Waals surface area contributed by atoms with Gasteiger partial charge in [-0.3, -0.25) is 0 Å². The van der Waals surface area contributed by atoms with Crippen molar-refractivity contribution >= 4 is 43.9 Å². The molecule has 9 rings (SSSR count). The van der Waals surface area contributed by atoms with Gasteiger partial charge in [-0.15, -0.1) is 0 Å². The Hall–Kier alpha value is -5.86. The predicted octanol–water partition coefficient (Wildman–Crippen LogP) is 12.2. The number of furan rings is 2. The second-order valence-corrected chi connectivity index (χ2v) is 11.3. The van der Waals surface area contributed by atoms with Gasteiger partial charge in [-0.05, 0) is 99.1 Å². The smallest absolute Gasteiger partial charge is 0.178 e. The van der Waals surface area contributed by atoms with Gasteiger partial charge in [-0.25, -0.2) is 0 Å². The van der Waals surface area contributed by atoms with Gasteiger partial charge in [0.05, 0.1) is 0 Å². The number of rotatable bonds is 4. The van der Waals surface area contributed by atoms with Crippen molar-refractivity contribution in [1.29, 1.82) is 0 Å². The molecule has 2 aromatic heterocycles. The predicted molar refractivity (Wildman–Crippen MR) is 183 cm³/mol. The van der Waals surface area contributed by atoms with E-state index in [-0.39, 0.29) is 0 Å². The van der Waals surface area contributed by atoms with Crippen molar-refractivity contribution in [1.82, 2.24) is 0 Å². The third-order valence-corrected chi connectivity index (χ3v) is 8.66. The summed E-state index contributed by atoms with van der Waals surface area (Å²) in [7, 11) is 0. The van der Waals surface area contributed by atoms with Crippen LogP contribution in [0.5, 0.6) is 0 Å². The minimum Gasteiger partial charge on any atom is -0.452 e. The van der Waals surface area contributed by atoms with Crippen LogP contribution < -0.4 is 0 Å². The third-order valence-electron chi connectivity index (χ3n) is 8.66. The number of hydrogen-bond donors (Lipinski definition) is 0. The maximum atomic E-state index is 6.49. The highest BCUT2D eigenvalue weighted by atomic mass is 16.4. The van der Waals surface area contributed by atoms with Gasteiger partial charge in [-0.1, -0.05) is 103 Å². The van der Waals surface area contributed by atoms with Gasteiger partial charge >= 0.3 is 0 Å². The zero-order valence-electron chi connectivity index (χ0n) is 23.8. The Kier molecular flexibility index (Phi) is 5.54. The minimum atomic E-state index is 0.787. The summed E-state index contributed by atoms with van der Waals surface area (Å²) >= 11 is 0. The van der Waals surface area contributed by atoms with Gasteiger partial charge in [0.25, 0.3) is 0 Å². The Morgan fingerprint density at radius 2 is 0.614 bits per heavy atom. The molecule has 0 bridgehead atoms. The van der Waals surface area contributed by atoms with E-state index in [4.69, 9.17) is 8.83 Å². The highest BCUT2D eigenvalue weighted by Gasteiger charge is 2.17. The van der Waals surface area contributed by atoms with E-state index in [0.717, 1.165) is 49.4 Å². The Labute approximate surface area is 254 Å². The van der Waals surface area contributed by atoms with Crippen LogP contribution in [0, 0.1) is 0 Å². The summed E-state index contributed by atoms with van der Waals surface area (Å²) in [5, 5.41) is 4.29. The van der Waals surface area contributed by atoms with Gasteiger partial charge in [0.2, 0.25) is 0 Å². The lowest BCUT2D eigenvalue weighted by Crippen LogP contribution is -1.86. The number of benzene rings is 7. The lowest BCUT2D eigenvalue weighted by Gasteiger charge is -2.11. The maximum Gasteiger partial charge on any atom is 0.178 e. The molecule has 0 aliphatic rings. The summed E-state index contributed by atoms with van der Waals surface area (Å²) in [4.78, 5) is 0. The molecular formula is C42H26O2. The van der Waals surface area contributed by atoms with Crippen molar-refractivity contribution in [3.63, 3.8) is 0 Å². The average molecular weight is 563 g/mol. The van der Waals surface area contributed by atoms with Crippen LogP contribution in [-0.2, 0) is 0 Å². The van der Waals surface area contributed by atoms with Crippen molar-refractivity contribution in [2.45, 2.75) is 0 Å². The molecule has 44 heavy (non-hydrogen) atoms. The molecule has 0 aliphatic heterocycles. The van der Waals surface area contributed by atoms with E-state index in [1.165, 1.54) is 38.9 Å². The van der Waals surface area contributed by atoms with E-state index < -0.39 is 0 Å². The molecule has 0 fully saturated rings. The van der Waals surface area contributed by atoms with Crippen LogP contribution in [0.25, 0.3) is 88.4 Å². The first-order valence-corrected chi connectivity index (χ1v) is 14.9. The van der Waals surface area contributed by atoms with Crippen LogP contribution in [0.15, 0.2) is 167 Å². The van der Waals surface area contributed by atoms with Crippen LogP contribution in [-0.4, -0.2) is 0 Å². The zero-order chi connectivity index (χ0) is 29.0. The van der Waals surface area contributed by atoms with Gasteiger partial charge in [0.1, 0.15) is 11.2 Å². The topological polar surface area (TPSA) is 26.3 Å².